The Labute approximate surface area is 103 Å². The zero-order chi connectivity index (χ0) is 12.3. The van der Waals surface area contributed by atoms with Gasteiger partial charge < -0.3 is 13.3 Å². The zero-order valence-corrected chi connectivity index (χ0v) is 11.6. The Hall–Kier alpha value is -0.723. The predicted octanol–water partition coefficient (Wildman–Crippen LogP) is 1.29. The SMILES string of the molecule is CO[Si](OC)(OC)C1CN1Cc1ccccc1. The summed E-state index contributed by atoms with van der Waals surface area (Å²) >= 11 is 0. The van der Waals surface area contributed by atoms with E-state index in [1.807, 2.05) is 6.07 Å². The molecule has 2 unspecified atom stereocenters. The smallest absolute Gasteiger partial charge is 0.376 e. The quantitative estimate of drug-likeness (QED) is 0.564. The molecule has 0 saturated carbocycles. The van der Waals surface area contributed by atoms with Crippen LogP contribution in [0.1, 0.15) is 5.56 Å². The van der Waals surface area contributed by atoms with E-state index in [-0.39, 0.29) is 0 Å². The molecule has 1 aromatic rings. The molecule has 1 aromatic carbocycles. The van der Waals surface area contributed by atoms with Crippen molar-refractivity contribution in [1.82, 2.24) is 4.90 Å². The molecule has 0 aliphatic carbocycles. The minimum Gasteiger partial charge on any atom is -0.376 e. The molecule has 4 nitrogen and oxygen atoms in total. The summed E-state index contributed by atoms with van der Waals surface area (Å²) in [5.74, 6) is 0. The lowest BCUT2D eigenvalue weighted by molar-refractivity contribution is 0.116. The molecule has 0 radical (unpaired) electrons. The van der Waals surface area contributed by atoms with Crippen LogP contribution in [0.25, 0.3) is 0 Å². The Bertz CT molecular complexity index is 348. The van der Waals surface area contributed by atoms with Crippen molar-refractivity contribution >= 4 is 8.80 Å². The summed E-state index contributed by atoms with van der Waals surface area (Å²) in [5.41, 5.74) is 1.60. The van der Waals surface area contributed by atoms with Gasteiger partial charge in [0.1, 0.15) is 0 Å². The summed E-state index contributed by atoms with van der Waals surface area (Å²) < 4.78 is 16.4. The summed E-state index contributed by atoms with van der Waals surface area (Å²) in [6, 6.07) is 10.4. The van der Waals surface area contributed by atoms with Gasteiger partial charge in [0.05, 0.1) is 5.67 Å². The second-order valence-electron chi connectivity index (χ2n) is 4.15. The normalized spacial score (nSPS) is 23.7. The molecule has 0 aromatic heterocycles. The summed E-state index contributed by atoms with van der Waals surface area (Å²) in [4.78, 5) is 2.32. The van der Waals surface area contributed by atoms with Crippen molar-refractivity contribution in [3.63, 3.8) is 0 Å². The van der Waals surface area contributed by atoms with Gasteiger partial charge in [-0.3, -0.25) is 4.90 Å². The first-order valence-corrected chi connectivity index (χ1v) is 7.49. The van der Waals surface area contributed by atoms with Crippen LogP contribution in [-0.2, 0) is 19.8 Å². The molecule has 1 aliphatic heterocycles. The molecule has 2 atom stereocenters. The lowest BCUT2D eigenvalue weighted by Gasteiger charge is -2.24. The van der Waals surface area contributed by atoms with Crippen LogP contribution in [-0.4, -0.2) is 47.2 Å². The van der Waals surface area contributed by atoms with E-state index in [1.165, 1.54) is 5.56 Å². The third-order valence-corrected chi connectivity index (χ3v) is 6.28. The first-order valence-electron chi connectivity index (χ1n) is 5.69. The van der Waals surface area contributed by atoms with Crippen molar-refractivity contribution in [3.05, 3.63) is 35.9 Å². The molecule has 5 heteroatoms. The first kappa shape index (κ1) is 12.7. The Morgan fingerprint density at radius 2 is 1.71 bits per heavy atom. The molecule has 94 valence electrons. The molecule has 2 rings (SSSR count). The highest BCUT2D eigenvalue weighted by Gasteiger charge is 2.58. The highest BCUT2D eigenvalue weighted by molar-refractivity contribution is 6.63. The zero-order valence-electron chi connectivity index (χ0n) is 10.6. The standard InChI is InChI=1S/C12H19NO3Si/c1-14-17(15-2,16-3)12-10-13(12)9-11-7-5-4-6-8-11/h4-8,12H,9-10H2,1-3H3. The molecule has 1 saturated heterocycles. The summed E-state index contributed by atoms with van der Waals surface area (Å²) in [6.45, 7) is 1.91. The second-order valence-corrected chi connectivity index (χ2v) is 7.25. The number of benzene rings is 1. The van der Waals surface area contributed by atoms with Crippen LogP contribution < -0.4 is 0 Å². The Morgan fingerprint density at radius 1 is 1.12 bits per heavy atom. The number of hydrogen-bond donors (Lipinski definition) is 0. The fourth-order valence-electron chi connectivity index (χ4n) is 2.16. The minimum atomic E-state index is -2.47. The largest absolute Gasteiger partial charge is 0.519 e. The topological polar surface area (TPSA) is 30.7 Å². The molecular weight excluding hydrogens is 234 g/mol. The van der Waals surface area contributed by atoms with Gasteiger partial charge in [0.2, 0.25) is 0 Å². The summed E-state index contributed by atoms with van der Waals surface area (Å²) in [5, 5.41) is 0. The average molecular weight is 253 g/mol. The molecule has 0 bridgehead atoms. The summed E-state index contributed by atoms with van der Waals surface area (Å²) in [7, 11) is 2.52. The van der Waals surface area contributed by atoms with E-state index < -0.39 is 8.80 Å². The van der Waals surface area contributed by atoms with E-state index in [0.29, 0.717) is 5.67 Å². The Kier molecular flexibility index (Phi) is 3.96. The molecule has 1 fully saturated rings. The van der Waals surface area contributed by atoms with Gasteiger partial charge in [-0.25, -0.2) is 0 Å². The van der Waals surface area contributed by atoms with E-state index in [2.05, 4.69) is 29.2 Å². The van der Waals surface area contributed by atoms with Crippen molar-refractivity contribution in [2.75, 3.05) is 27.9 Å². The van der Waals surface area contributed by atoms with Gasteiger partial charge in [0.15, 0.2) is 0 Å². The molecule has 1 heterocycles. The van der Waals surface area contributed by atoms with Crippen molar-refractivity contribution in [3.8, 4) is 0 Å². The summed E-state index contributed by atoms with van der Waals surface area (Å²) in [6.07, 6.45) is 0. The number of hydrogen-bond acceptors (Lipinski definition) is 4. The first-order chi connectivity index (χ1) is 8.25. The van der Waals surface area contributed by atoms with Crippen LogP contribution in [0.15, 0.2) is 30.3 Å². The third kappa shape index (κ3) is 2.58. The van der Waals surface area contributed by atoms with Crippen LogP contribution in [0.2, 0.25) is 0 Å². The lowest BCUT2D eigenvalue weighted by atomic mass is 10.2. The van der Waals surface area contributed by atoms with Crippen molar-refractivity contribution in [1.29, 1.82) is 0 Å². The maximum atomic E-state index is 5.48. The van der Waals surface area contributed by atoms with Crippen molar-refractivity contribution < 1.29 is 13.3 Å². The van der Waals surface area contributed by atoms with Crippen LogP contribution in [0.3, 0.4) is 0 Å². The van der Waals surface area contributed by atoms with Crippen LogP contribution in [0, 0.1) is 0 Å². The van der Waals surface area contributed by atoms with E-state index in [0.717, 1.165) is 13.1 Å². The number of nitrogens with zero attached hydrogens (tertiary/aromatic N) is 1. The molecule has 17 heavy (non-hydrogen) atoms. The van der Waals surface area contributed by atoms with Gasteiger partial charge in [-0.2, -0.15) is 0 Å². The monoisotopic (exact) mass is 253 g/mol. The molecule has 0 amide bonds. The van der Waals surface area contributed by atoms with Gasteiger partial charge >= 0.3 is 8.80 Å². The fraction of sp³-hybridized carbons (Fsp3) is 0.500. The molecular formula is C12H19NO3Si. The van der Waals surface area contributed by atoms with Gasteiger partial charge in [0.25, 0.3) is 0 Å². The van der Waals surface area contributed by atoms with Crippen LogP contribution in [0.4, 0.5) is 0 Å². The van der Waals surface area contributed by atoms with E-state index in [9.17, 15) is 0 Å². The maximum Gasteiger partial charge on any atom is 0.519 e. The molecule has 1 aliphatic rings. The van der Waals surface area contributed by atoms with Crippen molar-refractivity contribution in [2.45, 2.75) is 12.2 Å². The van der Waals surface area contributed by atoms with Gasteiger partial charge in [-0.05, 0) is 5.56 Å². The van der Waals surface area contributed by atoms with Crippen molar-refractivity contribution in [2.24, 2.45) is 0 Å². The lowest BCUT2D eigenvalue weighted by Crippen LogP contribution is -2.50. The van der Waals surface area contributed by atoms with E-state index in [4.69, 9.17) is 13.3 Å². The average Bonchev–Trinajstić information content (AvgIpc) is 3.13. The van der Waals surface area contributed by atoms with E-state index >= 15 is 0 Å². The predicted molar refractivity (Wildman–Crippen MR) is 67.4 cm³/mol. The third-order valence-electron chi connectivity index (χ3n) is 3.20. The van der Waals surface area contributed by atoms with Crippen LogP contribution >= 0.6 is 0 Å². The Morgan fingerprint density at radius 3 is 2.24 bits per heavy atom. The van der Waals surface area contributed by atoms with Gasteiger partial charge in [0, 0.05) is 34.4 Å². The highest BCUT2D eigenvalue weighted by atomic mass is 28.4. The van der Waals surface area contributed by atoms with E-state index in [1.54, 1.807) is 21.3 Å². The number of rotatable bonds is 6. The Balaban J connectivity index is 1.96. The fourth-order valence-corrected chi connectivity index (χ4v) is 4.47. The molecule has 0 spiro atoms. The van der Waals surface area contributed by atoms with Gasteiger partial charge in [-0.15, -0.1) is 0 Å². The minimum absolute atomic E-state index is 0.294. The van der Waals surface area contributed by atoms with Gasteiger partial charge in [-0.1, -0.05) is 30.3 Å². The second kappa shape index (κ2) is 5.28. The highest BCUT2D eigenvalue weighted by Crippen LogP contribution is 2.30. The van der Waals surface area contributed by atoms with Crippen LogP contribution in [0.5, 0.6) is 0 Å². The molecule has 0 N–H and O–H groups in total. The maximum absolute atomic E-state index is 5.48.